The minimum atomic E-state index is -0.881. The van der Waals surface area contributed by atoms with E-state index in [9.17, 15) is 38.4 Å². The summed E-state index contributed by atoms with van der Waals surface area (Å²) >= 11 is 3.51. The van der Waals surface area contributed by atoms with Crippen LogP contribution in [0.15, 0.2) is 107 Å². The van der Waals surface area contributed by atoms with Gasteiger partial charge in [0.2, 0.25) is 35.4 Å². The zero-order chi connectivity index (χ0) is 60.4. The molecule has 4 aromatic rings. The number of likely N-dealkylation sites (N-methyl/N-ethyl adjacent to an activating group) is 2. The van der Waals surface area contributed by atoms with Crippen molar-refractivity contribution in [3.05, 3.63) is 119 Å². The molecule has 2 aliphatic carbocycles. The maximum atomic E-state index is 14.9. The molecule has 0 radical (unpaired) electrons. The van der Waals surface area contributed by atoms with Gasteiger partial charge in [0.1, 0.15) is 24.2 Å². The van der Waals surface area contributed by atoms with Crippen molar-refractivity contribution in [2.45, 2.75) is 174 Å². The maximum absolute atomic E-state index is 14.9. The second-order valence-corrected chi connectivity index (χ2v) is 26.5. The average molecular weight is 1210 g/mol. The van der Waals surface area contributed by atoms with E-state index < -0.39 is 48.3 Å². The van der Waals surface area contributed by atoms with E-state index in [1.54, 1.807) is 85.5 Å². The fraction of sp³-hybridized carbons (Fsp3) is 0.515. The molecular formula is C66H84N10O8S2. The fourth-order valence-electron chi connectivity index (χ4n) is 13.4. The molecule has 458 valence electrons. The highest BCUT2D eigenvalue weighted by Gasteiger charge is 2.47. The molecule has 4 fully saturated rings. The third-order valence-electron chi connectivity index (χ3n) is 18.6. The monoisotopic (exact) mass is 1210 g/mol. The molecule has 4 heterocycles. The Labute approximate surface area is 513 Å². The quantitative estimate of drug-likeness (QED) is 0.0484. The lowest BCUT2D eigenvalue weighted by atomic mass is 9.83. The molecule has 0 spiro atoms. The molecule has 2 saturated carbocycles. The van der Waals surface area contributed by atoms with Gasteiger partial charge in [0.25, 0.3) is 11.8 Å². The molecule has 6 aliphatic rings. The molecule has 86 heavy (non-hydrogen) atoms. The summed E-state index contributed by atoms with van der Waals surface area (Å²) in [4.78, 5) is 119. The molecule has 0 unspecified atom stereocenters. The van der Waals surface area contributed by atoms with Crippen LogP contribution in [0.3, 0.4) is 0 Å². The van der Waals surface area contributed by atoms with Crippen LogP contribution in [0.5, 0.6) is 0 Å². The van der Waals surface area contributed by atoms with E-state index in [2.05, 4.69) is 54.7 Å². The Morgan fingerprint density at radius 1 is 0.465 bits per heavy atom. The van der Waals surface area contributed by atoms with Crippen LogP contribution in [0.25, 0.3) is 11.1 Å². The maximum Gasteiger partial charge on any atom is 0.251 e. The number of likely N-dealkylation sites (tertiary alicyclic amines) is 2. The van der Waals surface area contributed by atoms with Crippen LogP contribution in [0.1, 0.15) is 148 Å². The van der Waals surface area contributed by atoms with Crippen LogP contribution in [-0.4, -0.2) is 144 Å². The van der Waals surface area contributed by atoms with Gasteiger partial charge in [0, 0.05) is 57.6 Å². The van der Waals surface area contributed by atoms with E-state index >= 15 is 0 Å². The second kappa shape index (κ2) is 28.8. The summed E-state index contributed by atoms with van der Waals surface area (Å²) in [6, 6.07) is 24.2. The predicted octanol–water partition coefficient (Wildman–Crippen LogP) is 6.80. The number of fused-ring (bicyclic) bond motifs is 2. The zero-order valence-electron chi connectivity index (χ0n) is 49.9. The summed E-state index contributed by atoms with van der Waals surface area (Å²) in [5.74, 6) is -1.00. The summed E-state index contributed by atoms with van der Waals surface area (Å²) in [7, 11) is 3.40. The van der Waals surface area contributed by atoms with E-state index in [0.717, 1.165) is 121 Å². The first-order valence-corrected chi connectivity index (χ1v) is 33.1. The summed E-state index contributed by atoms with van der Waals surface area (Å²) in [6.45, 7) is 3.68. The smallest absolute Gasteiger partial charge is 0.251 e. The first-order valence-electron chi connectivity index (χ1n) is 31.1. The topological polar surface area (TPSA) is 239 Å². The highest BCUT2D eigenvalue weighted by atomic mass is 32.2. The number of nitrogens with one attached hydrogen (secondary N) is 8. The van der Waals surface area contributed by atoms with Crippen molar-refractivity contribution < 1.29 is 38.4 Å². The molecule has 10 atom stereocenters. The average Bonchev–Trinajstić information content (AvgIpc) is 3.16. The molecule has 0 aromatic heterocycles. The van der Waals surface area contributed by atoms with Gasteiger partial charge in [0.15, 0.2) is 0 Å². The number of amides is 8. The Morgan fingerprint density at radius 3 is 1.21 bits per heavy atom. The number of nitrogens with zero attached hydrogens (tertiary/aromatic N) is 2. The van der Waals surface area contributed by atoms with Crippen molar-refractivity contribution in [2.24, 2.45) is 11.8 Å². The number of benzene rings is 4. The van der Waals surface area contributed by atoms with Gasteiger partial charge < -0.3 is 52.3 Å². The lowest BCUT2D eigenvalue weighted by Gasteiger charge is -2.35. The van der Waals surface area contributed by atoms with Gasteiger partial charge in [-0.2, -0.15) is 0 Å². The number of thioether (sulfide) groups is 2. The van der Waals surface area contributed by atoms with Gasteiger partial charge in [-0.15, -0.1) is 23.5 Å². The van der Waals surface area contributed by atoms with Crippen LogP contribution < -0.4 is 42.5 Å². The van der Waals surface area contributed by atoms with Gasteiger partial charge >= 0.3 is 0 Å². The van der Waals surface area contributed by atoms with Crippen molar-refractivity contribution in [1.82, 2.24) is 52.3 Å². The number of hydrogen-bond donors (Lipinski definition) is 8. The fourth-order valence-corrected chi connectivity index (χ4v) is 15.7. The SMILES string of the molecule is CN[C@@H](C)C(=O)N[C@H](C(=O)N1C[C@@H](NC(=O)c2ccc(-c3ccc(C(=O)N[C@H]4C[C@@H](C(=O)N[C@@H]5CCSc6ccccc65)N(C(=O)[C@@H](NC(=O)[C@H](C)NC)C5CCCCC5)C4)cc3)cc2)C[C@H]1C(=O)N[C@@H]1CCSc2ccccc21)C1CCCCC1. The van der Waals surface area contributed by atoms with Crippen molar-refractivity contribution in [1.29, 1.82) is 0 Å². The number of rotatable bonds is 19. The zero-order valence-corrected chi connectivity index (χ0v) is 51.5. The number of hydrogen-bond acceptors (Lipinski definition) is 12. The van der Waals surface area contributed by atoms with Gasteiger partial charge in [-0.25, -0.2) is 0 Å². The minimum absolute atomic E-state index is 0.0864. The molecule has 20 heteroatoms. The van der Waals surface area contributed by atoms with E-state index in [-0.39, 0.29) is 97.1 Å². The summed E-state index contributed by atoms with van der Waals surface area (Å²) < 4.78 is 0. The summed E-state index contributed by atoms with van der Waals surface area (Å²) in [5, 5.41) is 24.9. The largest absolute Gasteiger partial charge is 0.347 e. The molecule has 4 aliphatic heterocycles. The Hall–Kier alpha value is -6.74. The Kier molecular flexibility index (Phi) is 20.9. The molecule has 2 saturated heterocycles. The molecule has 18 nitrogen and oxygen atoms in total. The van der Waals surface area contributed by atoms with Crippen LogP contribution in [0.4, 0.5) is 0 Å². The molecule has 10 rings (SSSR count). The lowest BCUT2D eigenvalue weighted by Crippen LogP contribution is -2.58. The van der Waals surface area contributed by atoms with Crippen molar-refractivity contribution in [3.8, 4) is 11.1 Å². The first-order chi connectivity index (χ1) is 41.7. The van der Waals surface area contributed by atoms with Crippen LogP contribution in [0.2, 0.25) is 0 Å². The summed E-state index contributed by atoms with van der Waals surface area (Å²) in [6.07, 6.45) is 10.9. The molecule has 8 N–H and O–H groups in total. The van der Waals surface area contributed by atoms with Crippen LogP contribution in [-0.2, 0) is 28.8 Å². The molecule has 0 bridgehead atoms. The highest BCUT2D eigenvalue weighted by Crippen LogP contribution is 2.39. The standard InChI is InChI=1S/C66H84N10O8S2/c1-39(67-3)59(77)73-57(43-15-7-5-8-16-43)65(83)75-37-47(35-53(75)63(81)71-51-31-33-85-55-21-13-11-19-49(51)55)69-61(79)45-27-23-41(24-28-45)42-25-29-46(30-26-42)62(80)70-48-36-54(64(82)72-52-32-34-86-56-22-14-12-20-50(52)56)76(38-48)66(84)58(44-17-9-6-10-18-44)74-60(78)40(2)68-4/h11-14,19-30,39-40,43-44,47-48,51-54,57-58,67-68H,5-10,15-18,31-38H2,1-4H3,(H,69,79)(H,70,80)(H,71,81)(H,72,82)(H,73,77)(H,74,78)/t39-,40-,47-,48-,51+,52+,53-,54-,57-,58-/m0/s1. The van der Waals surface area contributed by atoms with E-state index in [4.69, 9.17) is 0 Å². The van der Waals surface area contributed by atoms with E-state index in [1.807, 2.05) is 60.7 Å². The predicted molar refractivity (Wildman–Crippen MR) is 334 cm³/mol. The minimum Gasteiger partial charge on any atom is -0.347 e. The first kappa shape index (κ1) is 62.3. The van der Waals surface area contributed by atoms with Gasteiger partial charge in [-0.3, -0.25) is 38.4 Å². The summed E-state index contributed by atoms with van der Waals surface area (Å²) in [5.41, 5.74) is 4.46. The Bertz CT molecular complexity index is 2900. The molecule has 4 aromatic carbocycles. The third kappa shape index (κ3) is 14.6. The van der Waals surface area contributed by atoms with Gasteiger partial charge in [0.05, 0.1) is 24.2 Å². The Morgan fingerprint density at radius 2 is 0.837 bits per heavy atom. The van der Waals surface area contributed by atoms with Crippen molar-refractivity contribution >= 4 is 70.8 Å². The van der Waals surface area contributed by atoms with Crippen molar-refractivity contribution in [2.75, 3.05) is 38.7 Å². The van der Waals surface area contributed by atoms with E-state index in [0.29, 0.717) is 11.1 Å². The van der Waals surface area contributed by atoms with Crippen molar-refractivity contribution in [3.63, 3.8) is 0 Å². The van der Waals surface area contributed by atoms with Crippen LogP contribution in [0, 0.1) is 11.8 Å². The second-order valence-electron chi connectivity index (χ2n) is 24.2. The normalized spacial score (nSPS) is 23.7. The third-order valence-corrected chi connectivity index (χ3v) is 20.9. The van der Waals surface area contributed by atoms with Gasteiger partial charge in [-0.05, 0) is 150 Å². The Balaban J connectivity index is 0.808. The molecular weight excluding hydrogens is 1120 g/mol. The van der Waals surface area contributed by atoms with Crippen LogP contribution >= 0.6 is 23.5 Å². The lowest BCUT2D eigenvalue weighted by molar-refractivity contribution is -0.143. The van der Waals surface area contributed by atoms with Gasteiger partial charge in [-0.1, -0.05) is 99.2 Å². The van der Waals surface area contributed by atoms with E-state index in [1.165, 1.54) is 0 Å². The number of carbonyl (C=O) groups excluding carboxylic acids is 8. The number of carbonyl (C=O) groups is 8. The highest BCUT2D eigenvalue weighted by molar-refractivity contribution is 7.99. The molecule has 8 amide bonds.